The Labute approximate surface area is 112 Å². The molecule has 0 aliphatic carbocycles. The molecule has 0 bridgehead atoms. The quantitative estimate of drug-likeness (QED) is 0.617. The van der Waals surface area contributed by atoms with E-state index in [1.807, 2.05) is 18.2 Å². The Morgan fingerprint density at radius 2 is 2.24 bits per heavy atom. The zero-order valence-corrected chi connectivity index (χ0v) is 11.5. The SMILES string of the molecule is COC(=O)c1c(I)c(-c2ccccn2)nn1C. The molecule has 2 heterocycles. The normalized spacial score (nSPS) is 10.3. The smallest absolute Gasteiger partial charge is 0.357 e. The largest absolute Gasteiger partial charge is 0.464 e. The molecule has 2 aromatic heterocycles. The van der Waals surface area contributed by atoms with Gasteiger partial charge in [-0.15, -0.1) is 0 Å². The van der Waals surface area contributed by atoms with E-state index in [9.17, 15) is 4.79 Å². The molecular weight excluding hydrogens is 333 g/mol. The topological polar surface area (TPSA) is 57.0 Å². The Kier molecular flexibility index (Phi) is 3.41. The standard InChI is InChI=1S/C11H10IN3O2/c1-15-10(11(16)17-2)8(12)9(14-15)7-5-3-4-6-13-7/h3-6H,1-2H3. The van der Waals surface area contributed by atoms with E-state index in [-0.39, 0.29) is 0 Å². The fraction of sp³-hybridized carbons (Fsp3) is 0.182. The van der Waals surface area contributed by atoms with Gasteiger partial charge in [-0.1, -0.05) is 6.07 Å². The van der Waals surface area contributed by atoms with Gasteiger partial charge in [0.1, 0.15) is 5.69 Å². The fourth-order valence-corrected chi connectivity index (χ4v) is 2.44. The highest BCUT2D eigenvalue weighted by molar-refractivity contribution is 14.1. The highest BCUT2D eigenvalue weighted by atomic mass is 127. The molecule has 5 nitrogen and oxygen atoms in total. The summed E-state index contributed by atoms with van der Waals surface area (Å²) >= 11 is 2.08. The summed E-state index contributed by atoms with van der Waals surface area (Å²) in [5.74, 6) is -0.397. The van der Waals surface area contributed by atoms with Crippen molar-refractivity contribution in [1.29, 1.82) is 0 Å². The van der Waals surface area contributed by atoms with Gasteiger partial charge in [0.25, 0.3) is 0 Å². The molecule has 0 spiro atoms. The van der Waals surface area contributed by atoms with Crippen LogP contribution in [-0.2, 0) is 11.8 Å². The van der Waals surface area contributed by atoms with Gasteiger partial charge in [-0.3, -0.25) is 9.67 Å². The number of carbonyl (C=O) groups excluding carboxylic acids is 1. The van der Waals surface area contributed by atoms with Crippen LogP contribution in [0.25, 0.3) is 11.4 Å². The molecule has 17 heavy (non-hydrogen) atoms. The number of hydrogen-bond acceptors (Lipinski definition) is 4. The third kappa shape index (κ3) is 2.17. The van der Waals surface area contributed by atoms with Gasteiger partial charge in [-0.2, -0.15) is 5.10 Å². The molecule has 0 fully saturated rings. The van der Waals surface area contributed by atoms with Gasteiger partial charge in [-0.25, -0.2) is 4.79 Å². The first-order chi connectivity index (χ1) is 8.15. The van der Waals surface area contributed by atoms with E-state index in [2.05, 4.69) is 32.7 Å². The second-order valence-electron chi connectivity index (χ2n) is 3.34. The number of rotatable bonds is 2. The van der Waals surface area contributed by atoms with Crippen molar-refractivity contribution in [2.24, 2.45) is 7.05 Å². The van der Waals surface area contributed by atoms with Crippen molar-refractivity contribution in [3.05, 3.63) is 33.7 Å². The summed E-state index contributed by atoms with van der Waals surface area (Å²) < 4.78 is 6.98. The number of pyridine rings is 1. The van der Waals surface area contributed by atoms with Crippen LogP contribution in [0, 0.1) is 3.57 Å². The molecule has 0 N–H and O–H groups in total. The number of ether oxygens (including phenoxy) is 1. The van der Waals surface area contributed by atoms with Crippen LogP contribution in [0.2, 0.25) is 0 Å². The number of aryl methyl sites for hydroxylation is 1. The molecule has 6 heteroatoms. The number of nitrogens with zero attached hydrogens (tertiary/aromatic N) is 3. The van der Waals surface area contributed by atoms with Crippen molar-refractivity contribution in [3.8, 4) is 11.4 Å². The maximum atomic E-state index is 11.6. The second-order valence-corrected chi connectivity index (χ2v) is 4.42. The summed E-state index contributed by atoms with van der Waals surface area (Å²) in [4.78, 5) is 15.8. The summed E-state index contributed by atoms with van der Waals surface area (Å²) in [6.07, 6.45) is 1.69. The molecule has 0 saturated carbocycles. The van der Waals surface area contributed by atoms with Crippen molar-refractivity contribution in [2.75, 3.05) is 7.11 Å². The van der Waals surface area contributed by atoms with Crippen molar-refractivity contribution < 1.29 is 9.53 Å². The summed E-state index contributed by atoms with van der Waals surface area (Å²) in [7, 11) is 3.06. The minimum atomic E-state index is -0.397. The van der Waals surface area contributed by atoms with E-state index in [0.29, 0.717) is 11.4 Å². The van der Waals surface area contributed by atoms with Gasteiger partial charge < -0.3 is 4.74 Å². The lowest BCUT2D eigenvalue weighted by Crippen LogP contribution is -2.09. The molecule has 0 radical (unpaired) electrons. The van der Waals surface area contributed by atoms with Gasteiger partial charge in [0.05, 0.1) is 16.4 Å². The fourth-order valence-electron chi connectivity index (χ4n) is 1.48. The van der Waals surface area contributed by atoms with Crippen LogP contribution in [0.4, 0.5) is 0 Å². The summed E-state index contributed by atoms with van der Waals surface area (Å²) in [6.45, 7) is 0. The van der Waals surface area contributed by atoms with Crippen molar-refractivity contribution in [3.63, 3.8) is 0 Å². The number of esters is 1. The summed E-state index contributed by atoms with van der Waals surface area (Å²) in [6, 6.07) is 5.57. The first-order valence-electron chi connectivity index (χ1n) is 4.87. The highest BCUT2D eigenvalue weighted by Gasteiger charge is 2.21. The predicted octanol–water partition coefficient (Wildman–Crippen LogP) is 1.87. The summed E-state index contributed by atoms with van der Waals surface area (Å²) in [5.41, 5.74) is 1.87. The molecule has 0 aromatic carbocycles. The van der Waals surface area contributed by atoms with E-state index >= 15 is 0 Å². The molecule has 2 rings (SSSR count). The van der Waals surface area contributed by atoms with Gasteiger partial charge >= 0.3 is 5.97 Å². The van der Waals surface area contributed by atoms with Gasteiger partial charge in [0.2, 0.25) is 0 Å². The molecule has 0 aliphatic heterocycles. The van der Waals surface area contributed by atoms with Crippen LogP contribution in [0.15, 0.2) is 24.4 Å². The van der Waals surface area contributed by atoms with Crippen LogP contribution in [-0.4, -0.2) is 27.8 Å². The molecule has 0 amide bonds. The lowest BCUT2D eigenvalue weighted by molar-refractivity contribution is 0.0587. The Morgan fingerprint density at radius 3 is 2.82 bits per heavy atom. The Bertz CT molecular complexity index is 551. The summed E-state index contributed by atoms with van der Waals surface area (Å²) in [5, 5.41) is 4.30. The van der Waals surface area contributed by atoms with Crippen molar-refractivity contribution in [1.82, 2.24) is 14.8 Å². The van der Waals surface area contributed by atoms with Crippen LogP contribution in [0.3, 0.4) is 0 Å². The molecule has 0 atom stereocenters. The Hall–Kier alpha value is -1.44. The molecular formula is C11H10IN3O2. The molecule has 2 aromatic rings. The number of halogens is 1. The van der Waals surface area contributed by atoms with Crippen molar-refractivity contribution in [2.45, 2.75) is 0 Å². The molecule has 88 valence electrons. The van der Waals surface area contributed by atoms with E-state index in [4.69, 9.17) is 4.74 Å². The van der Waals surface area contributed by atoms with Gasteiger partial charge in [0.15, 0.2) is 5.69 Å². The van der Waals surface area contributed by atoms with Gasteiger partial charge in [-0.05, 0) is 34.7 Å². The maximum Gasteiger partial charge on any atom is 0.357 e. The zero-order chi connectivity index (χ0) is 12.4. The van der Waals surface area contributed by atoms with Gasteiger partial charge in [0, 0.05) is 13.2 Å². The number of hydrogen-bond donors (Lipinski definition) is 0. The minimum absolute atomic E-state index is 0.397. The Balaban J connectivity index is 2.56. The average molecular weight is 343 g/mol. The number of aromatic nitrogens is 3. The predicted molar refractivity (Wildman–Crippen MR) is 70.5 cm³/mol. The van der Waals surface area contributed by atoms with Crippen LogP contribution in [0.1, 0.15) is 10.5 Å². The lowest BCUT2D eigenvalue weighted by atomic mass is 10.2. The first-order valence-corrected chi connectivity index (χ1v) is 5.95. The van der Waals surface area contributed by atoms with E-state index in [1.54, 1.807) is 13.2 Å². The average Bonchev–Trinajstić information content (AvgIpc) is 2.65. The minimum Gasteiger partial charge on any atom is -0.464 e. The van der Waals surface area contributed by atoms with Crippen LogP contribution < -0.4 is 0 Å². The maximum absolute atomic E-state index is 11.6. The van der Waals surface area contributed by atoms with E-state index in [1.165, 1.54) is 11.8 Å². The molecule has 0 aliphatic rings. The van der Waals surface area contributed by atoms with E-state index < -0.39 is 5.97 Å². The number of methoxy groups -OCH3 is 1. The number of carbonyl (C=O) groups is 1. The monoisotopic (exact) mass is 343 g/mol. The third-order valence-corrected chi connectivity index (χ3v) is 3.30. The van der Waals surface area contributed by atoms with Crippen LogP contribution in [0.5, 0.6) is 0 Å². The van der Waals surface area contributed by atoms with Crippen molar-refractivity contribution >= 4 is 28.6 Å². The first kappa shape index (κ1) is 12.0. The zero-order valence-electron chi connectivity index (χ0n) is 9.35. The second kappa shape index (κ2) is 4.82. The Morgan fingerprint density at radius 1 is 1.47 bits per heavy atom. The third-order valence-electron chi connectivity index (χ3n) is 2.28. The highest BCUT2D eigenvalue weighted by Crippen LogP contribution is 2.25. The van der Waals surface area contributed by atoms with E-state index in [0.717, 1.165) is 9.26 Å². The lowest BCUT2D eigenvalue weighted by Gasteiger charge is -1.99. The molecule has 0 saturated heterocycles. The van der Waals surface area contributed by atoms with Crippen LogP contribution >= 0.6 is 22.6 Å². The molecule has 0 unspecified atom stereocenters.